The maximum absolute atomic E-state index is 12.4. The molecular formula is C21H22ClN5OS. The molecule has 8 heteroatoms. The van der Waals surface area contributed by atoms with E-state index in [-0.39, 0.29) is 30.7 Å². The largest absolute Gasteiger partial charge is 0.317 e. The summed E-state index contributed by atoms with van der Waals surface area (Å²) in [6.07, 6.45) is 4.08. The fourth-order valence-corrected chi connectivity index (χ4v) is 4.86. The second-order valence-electron chi connectivity index (χ2n) is 7.33. The third-order valence-electron chi connectivity index (χ3n) is 5.50. The minimum atomic E-state index is -0.0848. The van der Waals surface area contributed by atoms with Gasteiger partial charge in [-0.1, -0.05) is 24.3 Å². The molecule has 0 spiro atoms. The van der Waals surface area contributed by atoms with Crippen LogP contribution in [0.1, 0.15) is 24.1 Å². The molecule has 0 bridgehead atoms. The van der Waals surface area contributed by atoms with Gasteiger partial charge < -0.3 is 5.32 Å². The molecule has 5 rings (SSSR count). The number of thiazole rings is 1. The lowest BCUT2D eigenvalue weighted by Gasteiger charge is -2.26. The van der Waals surface area contributed by atoms with Gasteiger partial charge in [0, 0.05) is 16.9 Å². The van der Waals surface area contributed by atoms with Gasteiger partial charge in [-0.15, -0.1) is 23.7 Å². The number of halogens is 1. The van der Waals surface area contributed by atoms with Crippen molar-refractivity contribution < 1.29 is 4.79 Å². The first-order valence-electron chi connectivity index (χ1n) is 9.62. The first kappa shape index (κ1) is 19.9. The van der Waals surface area contributed by atoms with E-state index in [1.54, 1.807) is 11.3 Å². The van der Waals surface area contributed by atoms with Crippen molar-refractivity contribution in [3.63, 3.8) is 0 Å². The highest BCUT2D eigenvalue weighted by Gasteiger charge is 2.30. The molecule has 0 radical (unpaired) electrons. The number of fused-ring (bicyclic) bond motifs is 1. The van der Waals surface area contributed by atoms with Crippen LogP contribution in [0.15, 0.2) is 40.8 Å². The van der Waals surface area contributed by atoms with Gasteiger partial charge in [-0.05, 0) is 38.4 Å². The molecule has 2 aromatic heterocycles. The monoisotopic (exact) mass is 427 g/mol. The van der Waals surface area contributed by atoms with Crippen molar-refractivity contribution in [2.75, 3.05) is 13.1 Å². The molecule has 1 saturated heterocycles. The standard InChI is InChI=1S/C21H21N5OS.ClH/c1-13-4-2-3-5-15(13)17-12-28-21(24-17)16-11-23-26-18(16)10-19(27)25-20(26)14-6-8-22-9-7-14;/h2-5,11-12,14,22H,6-10H2,1H3;1H. The second-order valence-corrected chi connectivity index (χ2v) is 8.19. The van der Waals surface area contributed by atoms with Crippen molar-refractivity contribution in [3.8, 4) is 21.8 Å². The Morgan fingerprint density at radius 2 is 1.97 bits per heavy atom. The summed E-state index contributed by atoms with van der Waals surface area (Å²) in [6.45, 7) is 4.00. The Morgan fingerprint density at radius 3 is 2.76 bits per heavy atom. The van der Waals surface area contributed by atoms with Crippen LogP contribution >= 0.6 is 23.7 Å². The van der Waals surface area contributed by atoms with Crippen molar-refractivity contribution in [2.45, 2.75) is 26.2 Å². The molecule has 2 aliphatic rings. The van der Waals surface area contributed by atoms with Gasteiger partial charge in [-0.2, -0.15) is 10.1 Å². The number of benzene rings is 1. The van der Waals surface area contributed by atoms with Gasteiger partial charge >= 0.3 is 0 Å². The number of nitrogens with one attached hydrogen (secondary N) is 1. The molecule has 0 atom stereocenters. The summed E-state index contributed by atoms with van der Waals surface area (Å²) in [5.74, 6) is 0.990. The van der Waals surface area contributed by atoms with Gasteiger partial charge in [-0.3, -0.25) is 4.79 Å². The quantitative estimate of drug-likeness (QED) is 0.691. The topological polar surface area (TPSA) is 72.2 Å². The zero-order valence-corrected chi connectivity index (χ0v) is 17.7. The Balaban J connectivity index is 0.00000205. The van der Waals surface area contributed by atoms with Crippen molar-refractivity contribution in [3.05, 3.63) is 47.1 Å². The zero-order valence-electron chi connectivity index (χ0n) is 16.1. The highest BCUT2D eigenvalue weighted by Crippen LogP contribution is 2.34. The van der Waals surface area contributed by atoms with E-state index in [1.807, 2.05) is 23.0 Å². The van der Waals surface area contributed by atoms with E-state index in [0.717, 1.165) is 59.3 Å². The van der Waals surface area contributed by atoms with Crippen LogP contribution in [-0.4, -0.2) is 39.6 Å². The van der Waals surface area contributed by atoms with Crippen LogP contribution in [0.5, 0.6) is 0 Å². The van der Waals surface area contributed by atoms with Gasteiger partial charge in [-0.25, -0.2) is 9.67 Å². The maximum Gasteiger partial charge on any atom is 0.253 e. The molecule has 0 unspecified atom stereocenters. The number of nitrogens with zero attached hydrogens (tertiary/aromatic N) is 4. The molecule has 1 fully saturated rings. The van der Waals surface area contributed by atoms with Crippen LogP contribution in [0, 0.1) is 12.8 Å². The number of rotatable bonds is 3. The van der Waals surface area contributed by atoms with Crippen LogP contribution in [0.3, 0.4) is 0 Å². The van der Waals surface area contributed by atoms with Gasteiger partial charge in [0.2, 0.25) is 0 Å². The number of aliphatic imine (C=N–C) groups is 1. The first-order chi connectivity index (χ1) is 13.7. The van der Waals surface area contributed by atoms with Crippen molar-refractivity contribution in [1.82, 2.24) is 20.1 Å². The van der Waals surface area contributed by atoms with Crippen molar-refractivity contribution >= 4 is 35.5 Å². The molecule has 0 aliphatic carbocycles. The number of carbonyl (C=O) groups is 1. The second kappa shape index (κ2) is 8.18. The number of hydrogen-bond donors (Lipinski definition) is 1. The molecule has 3 aromatic rings. The van der Waals surface area contributed by atoms with E-state index in [4.69, 9.17) is 4.98 Å². The molecule has 6 nitrogen and oxygen atoms in total. The maximum atomic E-state index is 12.4. The molecule has 2 aliphatic heterocycles. The molecule has 1 aromatic carbocycles. The summed E-state index contributed by atoms with van der Waals surface area (Å²) in [4.78, 5) is 21.6. The molecule has 150 valence electrons. The predicted octanol–water partition coefficient (Wildman–Crippen LogP) is 3.73. The van der Waals surface area contributed by atoms with Gasteiger partial charge in [0.1, 0.15) is 10.8 Å². The SMILES string of the molecule is Cc1ccccc1-c1csc(-c2cnn3c2CC(=O)N=C3C2CCNCC2)n1.Cl. The van der Waals surface area contributed by atoms with Crippen molar-refractivity contribution in [2.24, 2.45) is 10.9 Å². The smallest absolute Gasteiger partial charge is 0.253 e. The van der Waals surface area contributed by atoms with Crippen LogP contribution < -0.4 is 5.32 Å². The van der Waals surface area contributed by atoms with E-state index < -0.39 is 0 Å². The molecule has 1 N–H and O–H groups in total. The average Bonchev–Trinajstić information content (AvgIpc) is 3.35. The normalized spacial score (nSPS) is 16.9. The lowest BCUT2D eigenvalue weighted by atomic mass is 9.95. The molecule has 4 heterocycles. The summed E-state index contributed by atoms with van der Waals surface area (Å²) < 4.78 is 1.89. The number of carbonyl (C=O) groups excluding carboxylic acids is 1. The summed E-state index contributed by atoms with van der Waals surface area (Å²) in [6, 6.07) is 8.25. The van der Waals surface area contributed by atoms with Crippen LogP contribution in [0.25, 0.3) is 21.8 Å². The highest BCUT2D eigenvalue weighted by molar-refractivity contribution is 7.13. The van der Waals surface area contributed by atoms with Crippen LogP contribution in [0.2, 0.25) is 0 Å². The Kier molecular flexibility index (Phi) is 5.63. The summed E-state index contributed by atoms with van der Waals surface area (Å²) in [5.41, 5.74) is 5.16. The molecular weight excluding hydrogens is 406 g/mol. The minimum absolute atomic E-state index is 0. The first-order valence-corrected chi connectivity index (χ1v) is 10.5. The van der Waals surface area contributed by atoms with Crippen LogP contribution in [0.4, 0.5) is 0 Å². The fraction of sp³-hybridized carbons (Fsp3) is 0.333. The Morgan fingerprint density at radius 1 is 1.17 bits per heavy atom. The lowest BCUT2D eigenvalue weighted by Crippen LogP contribution is -2.38. The Hall–Kier alpha value is -2.35. The van der Waals surface area contributed by atoms with Gasteiger partial charge in [0.25, 0.3) is 5.91 Å². The van der Waals surface area contributed by atoms with Crippen LogP contribution in [-0.2, 0) is 11.2 Å². The number of amides is 1. The Bertz CT molecular complexity index is 1080. The van der Waals surface area contributed by atoms with E-state index in [0.29, 0.717) is 0 Å². The Labute approximate surface area is 179 Å². The highest BCUT2D eigenvalue weighted by atomic mass is 35.5. The number of hydrogen-bond acceptors (Lipinski definition) is 5. The lowest BCUT2D eigenvalue weighted by molar-refractivity contribution is -0.117. The third-order valence-corrected chi connectivity index (χ3v) is 6.38. The summed E-state index contributed by atoms with van der Waals surface area (Å²) in [7, 11) is 0. The number of aryl methyl sites for hydroxylation is 1. The molecule has 29 heavy (non-hydrogen) atoms. The average molecular weight is 428 g/mol. The number of piperidine rings is 1. The van der Waals surface area contributed by atoms with E-state index >= 15 is 0 Å². The van der Waals surface area contributed by atoms with Crippen molar-refractivity contribution in [1.29, 1.82) is 0 Å². The van der Waals surface area contributed by atoms with Gasteiger partial charge in [0.15, 0.2) is 0 Å². The molecule has 0 saturated carbocycles. The van der Waals surface area contributed by atoms with E-state index in [9.17, 15) is 4.79 Å². The van der Waals surface area contributed by atoms with E-state index in [1.165, 1.54) is 5.56 Å². The molecule has 1 amide bonds. The predicted molar refractivity (Wildman–Crippen MR) is 118 cm³/mol. The summed E-state index contributed by atoms with van der Waals surface area (Å²) >= 11 is 1.60. The van der Waals surface area contributed by atoms with E-state index in [2.05, 4.69) is 39.8 Å². The zero-order chi connectivity index (χ0) is 19.1. The number of aromatic nitrogens is 3. The minimum Gasteiger partial charge on any atom is -0.317 e. The fourth-order valence-electron chi connectivity index (χ4n) is 4.00. The van der Waals surface area contributed by atoms with Gasteiger partial charge in [0.05, 0.1) is 29.6 Å². The summed E-state index contributed by atoms with van der Waals surface area (Å²) in [5, 5.41) is 10.9. The third kappa shape index (κ3) is 3.66.